The van der Waals surface area contributed by atoms with Crippen molar-refractivity contribution in [2.75, 3.05) is 19.3 Å². The van der Waals surface area contributed by atoms with E-state index in [0.717, 1.165) is 17.3 Å². The predicted molar refractivity (Wildman–Crippen MR) is 79.2 cm³/mol. The molecule has 0 saturated carbocycles. The largest absolute Gasteiger partial charge is 0.481 e. The van der Waals surface area contributed by atoms with Crippen molar-refractivity contribution in [1.29, 1.82) is 0 Å². The summed E-state index contributed by atoms with van der Waals surface area (Å²) in [6.07, 6.45) is 3.23. The molecule has 0 aliphatic heterocycles. The monoisotopic (exact) mass is 308 g/mol. The third-order valence-corrected chi connectivity index (χ3v) is 3.99. The van der Waals surface area contributed by atoms with Crippen molar-refractivity contribution in [1.82, 2.24) is 19.4 Å². The number of fused-ring (bicyclic) bond motifs is 1. The van der Waals surface area contributed by atoms with E-state index in [-0.39, 0.29) is 18.2 Å². The van der Waals surface area contributed by atoms with Crippen molar-refractivity contribution in [2.45, 2.75) is 18.6 Å². The van der Waals surface area contributed by atoms with Crippen LogP contribution in [0.3, 0.4) is 0 Å². The lowest BCUT2D eigenvalue weighted by atomic mass is 10.4. The van der Waals surface area contributed by atoms with Crippen LogP contribution in [0.15, 0.2) is 23.6 Å². The number of aromatic nitrogens is 3. The van der Waals surface area contributed by atoms with Crippen LogP contribution >= 0.6 is 11.8 Å². The lowest BCUT2D eigenvalue weighted by Crippen LogP contribution is -2.30. The molecule has 0 saturated heterocycles. The average molecular weight is 308 g/mol. The van der Waals surface area contributed by atoms with E-state index in [1.165, 1.54) is 0 Å². The van der Waals surface area contributed by atoms with Crippen LogP contribution in [0.5, 0.6) is 0 Å². The van der Waals surface area contributed by atoms with E-state index in [0.29, 0.717) is 17.2 Å². The van der Waals surface area contributed by atoms with Crippen LogP contribution in [-0.2, 0) is 16.1 Å². The molecule has 112 valence electrons. The Kier molecular flexibility index (Phi) is 4.79. The van der Waals surface area contributed by atoms with Crippen LogP contribution in [0, 0.1) is 0 Å². The number of likely N-dealkylation sites (N-methyl/N-ethyl adjacent to an activating group) is 1. The van der Waals surface area contributed by atoms with E-state index in [4.69, 9.17) is 5.11 Å². The first-order valence-electron chi connectivity index (χ1n) is 6.41. The van der Waals surface area contributed by atoms with Gasteiger partial charge in [0, 0.05) is 19.8 Å². The number of rotatable bonds is 6. The molecule has 0 unspecified atom stereocenters. The maximum atomic E-state index is 12.1. The van der Waals surface area contributed by atoms with Gasteiger partial charge in [-0.25, -0.2) is 4.98 Å². The molecule has 0 bridgehead atoms. The van der Waals surface area contributed by atoms with E-state index in [1.807, 2.05) is 6.92 Å². The van der Waals surface area contributed by atoms with Crippen molar-refractivity contribution in [2.24, 2.45) is 0 Å². The number of thioether (sulfide) groups is 1. The van der Waals surface area contributed by atoms with Crippen molar-refractivity contribution >= 4 is 34.7 Å². The van der Waals surface area contributed by atoms with Gasteiger partial charge in [0.1, 0.15) is 12.1 Å². The van der Waals surface area contributed by atoms with Crippen molar-refractivity contribution in [3.63, 3.8) is 0 Å². The van der Waals surface area contributed by atoms with Gasteiger partial charge in [0.25, 0.3) is 0 Å². The SMILES string of the molecule is CCN(C)C(=O)Cn1c(SCC(=O)O)nc2cnccc21. The molecule has 0 spiro atoms. The zero-order valence-electron chi connectivity index (χ0n) is 11.8. The van der Waals surface area contributed by atoms with Gasteiger partial charge in [-0.2, -0.15) is 0 Å². The smallest absolute Gasteiger partial charge is 0.313 e. The molecule has 7 nitrogen and oxygen atoms in total. The van der Waals surface area contributed by atoms with Crippen LogP contribution in [0.4, 0.5) is 0 Å². The summed E-state index contributed by atoms with van der Waals surface area (Å²) in [6, 6.07) is 1.77. The number of pyridine rings is 1. The van der Waals surface area contributed by atoms with E-state index >= 15 is 0 Å². The summed E-state index contributed by atoms with van der Waals surface area (Å²) >= 11 is 1.10. The standard InChI is InChI=1S/C13H16N4O3S/c1-3-16(2)11(18)7-17-10-4-5-14-6-9(10)15-13(17)21-8-12(19)20/h4-6H,3,7-8H2,1-2H3,(H,19,20). The second-order valence-corrected chi connectivity index (χ2v) is 5.38. The Labute approximate surface area is 126 Å². The summed E-state index contributed by atoms with van der Waals surface area (Å²) in [5.41, 5.74) is 1.42. The third-order valence-electron chi connectivity index (χ3n) is 3.03. The van der Waals surface area contributed by atoms with Gasteiger partial charge in [0.05, 0.1) is 17.5 Å². The third kappa shape index (κ3) is 3.52. The number of aliphatic carboxylic acids is 1. The van der Waals surface area contributed by atoms with E-state index in [9.17, 15) is 9.59 Å². The molecular weight excluding hydrogens is 292 g/mol. The molecule has 2 rings (SSSR count). The molecule has 2 heterocycles. The number of amides is 1. The first-order valence-corrected chi connectivity index (χ1v) is 7.40. The zero-order valence-corrected chi connectivity index (χ0v) is 12.6. The number of carbonyl (C=O) groups is 2. The van der Waals surface area contributed by atoms with Crippen molar-refractivity contribution in [3.05, 3.63) is 18.5 Å². The molecule has 8 heteroatoms. The highest BCUT2D eigenvalue weighted by Gasteiger charge is 2.16. The van der Waals surface area contributed by atoms with Gasteiger partial charge < -0.3 is 14.6 Å². The van der Waals surface area contributed by atoms with Gasteiger partial charge in [-0.15, -0.1) is 0 Å². The van der Waals surface area contributed by atoms with Gasteiger partial charge >= 0.3 is 5.97 Å². The maximum absolute atomic E-state index is 12.1. The topological polar surface area (TPSA) is 88.3 Å². The maximum Gasteiger partial charge on any atom is 0.313 e. The van der Waals surface area contributed by atoms with Gasteiger partial charge in [-0.3, -0.25) is 14.6 Å². The molecule has 1 amide bonds. The lowest BCUT2D eigenvalue weighted by molar-refractivity contribution is -0.134. The lowest BCUT2D eigenvalue weighted by Gasteiger charge is -2.16. The van der Waals surface area contributed by atoms with Crippen molar-refractivity contribution in [3.8, 4) is 0 Å². The summed E-state index contributed by atoms with van der Waals surface area (Å²) in [6.45, 7) is 2.64. The van der Waals surface area contributed by atoms with Crippen LogP contribution in [0.25, 0.3) is 11.0 Å². The van der Waals surface area contributed by atoms with Crippen LogP contribution in [0.2, 0.25) is 0 Å². The Hall–Kier alpha value is -2.09. The zero-order chi connectivity index (χ0) is 15.4. The molecule has 0 aromatic carbocycles. The molecule has 0 aliphatic rings. The fourth-order valence-corrected chi connectivity index (χ4v) is 2.52. The highest BCUT2D eigenvalue weighted by atomic mass is 32.2. The molecule has 0 radical (unpaired) electrons. The first kappa shape index (κ1) is 15.3. The highest BCUT2D eigenvalue weighted by molar-refractivity contribution is 7.99. The second-order valence-electron chi connectivity index (χ2n) is 4.44. The average Bonchev–Trinajstić information content (AvgIpc) is 2.82. The Morgan fingerprint density at radius 3 is 2.90 bits per heavy atom. The number of carboxylic acids is 1. The Balaban J connectivity index is 2.35. The van der Waals surface area contributed by atoms with Crippen LogP contribution in [0.1, 0.15) is 6.92 Å². The quantitative estimate of drug-likeness (QED) is 0.804. The molecule has 0 aliphatic carbocycles. The van der Waals surface area contributed by atoms with Gasteiger partial charge in [0.2, 0.25) is 5.91 Å². The second kappa shape index (κ2) is 6.57. The number of carboxylic acid groups (broad SMARTS) is 1. The Morgan fingerprint density at radius 1 is 1.48 bits per heavy atom. The molecule has 1 N–H and O–H groups in total. The summed E-state index contributed by atoms with van der Waals surface area (Å²) in [7, 11) is 1.73. The molecule has 21 heavy (non-hydrogen) atoms. The summed E-state index contributed by atoms with van der Waals surface area (Å²) in [4.78, 5) is 32.8. The Morgan fingerprint density at radius 2 is 2.24 bits per heavy atom. The molecule has 2 aromatic heterocycles. The first-order chi connectivity index (χ1) is 10.0. The molecular formula is C13H16N4O3S. The highest BCUT2D eigenvalue weighted by Crippen LogP contribution is 2.23. The number of nitrogens with zero attached hydrogens (tertiary/aromatic N) is 4. The minimum atomic E-state index is -0.922. The Bertz CT molecular complexity index is 670. The van der Waals surface area contributed by atoms with Gasteiger partial charge in [-0.05, 0) is 13.0 Å². The summed E-state index contributed by atoms with van der Waals surface area (Å²) < 4.78 is 1.74. The van der Waals surface area contributed by atoms with E-state index in [2.05, 4.69) is 9.97 Å². The van der Waals surface area contributed by atoms with E-state index in [1.54, 1.807) is 35.0 Å². The van der Waals surface area contributed by atoms with E-state index < -0.39 is 5.97 Å². The summed E-state index contributed by atoms with van der Waals surface area (Å²) in [5, 5.41) is 9.32. The predicted octanol–water partition coefficient (Wildman–Crippen LogP) is 1.09. The van der Waals surface area contributed by atoms with Crippen LogP contribution < -0.4 is 0 Å². The summed E-state index contributed by atoms with van der Waals surface area (Å²) in [5.74, 6) is -1.08. The number of imidazole rings is 1. The fourth-order valence-electron chi connectivity index (χ4n) is 1.78. The normalized spacial score (nSPS) is 10.8. The van der Waals surface area contributed by atoms with Crippen LogP contribution in [-0.4, -0.2) is 55.8 Å². The number of hydrogen-bond acceptors (Lipinski definition) is 5. The minimum Gasteiger partial charge on any atom is -0.481 e. The van der Waals surface area contributed by atoms with Gasteiger partial charge in [-0.1, -0.05) is 11.8 Å². The number of carbonyl (C=O) groups excluding carboxylic acids is 1. The number of hydrogen-bond donors (Lipinski definition) is 1. The molecule has 2 aromatic rings. The van der Waals surface area contributed by atoms with Gasteiger partial charge in [0.15, 0.2) is 5.16 Å². The molecule has 0 atom stereocenters. The van der Waals surface area contributed by atoms with Crippen molar-refractivity contribution < 1.29 is 14.7 Å². The minimum absolute atomic E-state index is 0.0502. The fraction of sp³-hybridized carbons (Fsp3) is 0.385. The molecule has 0 fully saturated rings.